The van der Waals surface area contributed by atoms with E-state index in [1.165, 1.54) is 12.1 Å². The molecule has 1 fully saturated rings. The standard InChI is InChI=1S/C22H25FN2O3/c1-25(21(26)3-2-14-28-20-12-8-18(23)9-13-20)15-16-4-6-17(7-5-16)22(27)24-19-10-11-19/h4-9,12-13,19H,2-3,10-11,14-15H2,1H3,(H,24,27). The number of carbonyl (C=O) groups is 2. The molecule has 1 N–H and O–H groups in total. The summed E-state index contributed by atoms with van der Waals surface area (Å²) in [6.45, 7) is 0.887. The van der Waals surface area contributed by atoms with Gasteiger partial charge in [-0.25, -0.2) is 4.39 Å². The van der Waals surface area contributed by atoms with Gasteiger partial charge in [-0.15, -0.1) is 0 Å². The van der Waals surface area contributed by atoms with E-state index in [2.05, 4.69) is 5.32 Å². The molecule has 5 nitrogen and oxygen atoms in total. The van der Waals surface area contributed by atoms with Crippen LogP contribution in [0.2, 0.25) is 0 Å². The first-order valence-corrected chi connectivity index (χ1v) is 9.53. The number of halogens is 1. The van der Waals surface area contributed by atoms with E-state index >= 15 is 0 Å². The fraction of sp³-hybridized carbons (Fsp3) is 0.364. The molecule has 0 aromatic heterocycles. The lowest BCUT2D eigenvalue weighted by molar-refractivity contribution is -0.130. The molecule has 1 aliphatic carbocycles. The van der Waals surface area contributed by atoms with E-state index in [1.807, 2.05) is 12.1 Å². The van der Waals surface area contributed by atoms with Crippen molar-refractivity contribution in [1.29, 1.82) is 0 Å². The molecule has 1 saturated carbocycles. The van der Waals surface area contributed by atoms with Crippen molar-refractivity contribution in [3.8, 4) is 5.75 Å². The highest BCUT2D eigenvalue weighted by atomic mass is 19.1. The zero-order valence-corrected chi connectivity index (χ0v) is 16.0. The van der Waals surface area contributed by atoms with Gasteiger partial charge < -0.3 is 15.0 Å². The summed E-state index contributed by atoms with van der Waals surface area (Å²) in [6, 6.07) is 13.5. The molecule has 2 amide bonds. The Balaban J connectivity index is 1.38. The Kier molecular flexibility index (Phi) is 6.63. The molecule has 0 radical (unpaired) electrons. The van der Waals surface area contributed by atoms with Crippen LogP contribution in [0.5, 0.6) is 5.75 Å². The van der Waals surface area contributed by atoms with Gasteiger partial charge in [0.2, 0.25) is 5.91 Å². The zero-order chi connectivity index (χ0) is 19.9. The molecule has 0 unspecified atom stereocenters. The van der Waals surface area contributed by atoms with Gasteiger partial charge in [0, 0.05) is 31.6 Å². The van der Waals surface area contributed by atoms with E-state index in [9.17, 15) is 14.0 Å². The topological polar surface area (TPSA) is 58.6 Å². The molecule has 0 spiro atoms. The van der Waals surface area contributed by atoms with Crippen LogP contribution in [0.25, 0.3) is 0 Å². The smallest absolute Gasteiger partial charge is 0.251 e. The lowest BCUT2D eigenvalue weighted by Crippen LogP contribution is -2.27. The summed E-state index contributed by atoms with van der Waals surface area (Å²) in [7, 11) is 1.76. The van der Waals surface area contributed by atoms with Crippen LogP contribution >= 0.6 is 0 Å². The van der Waals surface area contributed by atoms with Gasteiger partial charge in [-0.05, 0) is 61.2 Å². The van der Waals surface area contributed by atoms with E-state index in [-0.39, 0.29) is 17.6 Å². The van der Waals surface area contributed by atoms with Gasteiger partial charge in [0.1, 0.15) is 11.6 Å². The summed E-state index contributed by atoms with van der Waals surface area (Å²) < 4.78 is 18.3. The van der Waals surface area contributed by atoms with Crippen LogP contribution in [0.15, 0.2) is 48.5 Å². The molecule has 2 aromatic carbocycles. The third-order valence-electron chi connectivity index (χ3n) is 4.59. The second kappa shape index (κ2) is 9.35. The average Bonchev–Trinajstić information content (AvgIpc) is 3.51. The summed E-state index contributed by atoms with van der Waals surface area (Å²) in [5.74, 6) is 0.270. The summed E-state index contributed by atoms with van der Waals surface area (Å²) in [4.78, 5) is 25.9. The van der Waals surface area contributed by atoms with Gasteiger partial charge >= 0.3 is 0 Å². The first kappa shape index (κ1) is 19.9. The van der Waals surface area contributed by atoms with E-state index in [0.29, 0.717) is 43.3 Å². The Hall–Kier alpha value is -2.89. The van der Waals surface area contributed by atoms with Crippen molar-refractivity contribution < 1.29 is 18.7 Å². The molecule has 6 heteroatoms. The van der Waals surface area contributed by atoms with Crippen LogP contribution in [-0.4, -0.2) is 36.4 Å². The van der Waals surface area contributed by atoms with Gasteiger partial charge in [0.15, 0.2) is 0 Å². The Bertz CT molecular complexity index is 802. The van der Waals surface area contributed by atoms with Crippen LogP contribution in [0.4, 0.5) is 4.39 Å². The highest BCUT2D eigenvalue weighted by molar-refractivity contribution is 5.94. The minimum Gasteiger partial charge on any atom is -0.494 e. The molecule has 148 valence electrons. The van der Waals surface area contributed by atoms with Gasteiger partial charge in [-0.1, -0.05) is 12.1 Å². The maximum Gasteiger partial charge on any atom is 0.251 e. The van der Waals surface area contributed by atoms with E-state index in [4.69, 9.17) is 4.74 Å². The van der Waals surface area contributed by atoms with Crippen LogP contribution < -0.4 is 10.1 Å². The Labute approximate surface area is 164 Å². The van der Waals surface area contributed by atoms with Gasteiger partial charge in [-0.3, -0.25) is 9.59 Å². The number of rotatable bonds is 9. The number of benzene rings is 2. The minimum atomic E-state index is -0.305. The van der Waals surface area contributed by atoms with Gasteiger partial charge in [0.25, 0.3) is 5.91 Å². The molecular weight excluding hydrogens is 359 g/mol. The number of amides is 2. The molecule has 0 aliphatic heterocycles. The van der Waals surface area contributed by atoms with E-state index in [1.54, 1.807) is 36.2 Å². The number of hydrogen-bond acceptors (Lipinski definition) is 3. The Morgan fingerprint density at radius 2 is 1.79 bits per heavy atom. The molecule has 0 atom stereocenters. The molecule has 28 heavy (non-hydrogen) atoms. The number of nitrogens with zero attached hydrogens (tertiary/aromatic N) is 1. The first-order valence-electron chi connectivity index (χ1n) is 9.53. The highest BCUT2D eigenvalue weighted by Crippen LogP contribution is 2.19. The first-order chi connectivity index (χ1) is 13.5. The average molecular weight is 384 g/mol. The molecule has 0 bridgehead atoms. The fourth-order valence-electron chi connectivity index (χ4n) is 2.76. The summed E-state index contributed by atoms with van der Waals surface area (Å²) in [6.07, 6.45) is 3.08. The second-order valence-corrected chi connectivity index (χ2v) is 7.10. The van der Waals surface area contributed by atoms with Crippen molar-refractivity contribution in [2.75, 3.05) is 13.7 Å². The molecule has 0 heterocycles. The Morgan fingerprint density at radius 1 is 1.11 bits per heavy atom. The predicted molar refractivity (Wildman–Crippen MR) is 105 cm³/mol. The third kappa shape index (κ3) is 6.08. The summed E-state index contributed by atoms with van der Waals surface area (Å²) in [5, 5.41) is 2.96. The Morgan fingerprint density at radius 3 is 2.43 bits per heavy atom. The molecule has 1 aliphatic rings. The number of hydrogen-bond donors (Lipinski definition) is 1. The molecular formula is C22H25FN2O3. The monoisotopic (exact) mass is 384 g/mol. The van der Waals surface area contributed by atoms with Crippen molar-refractivity contribution >= 4 is 11.8 Å². The van der Waals surface area contributed by atoms with Crippen molar-refractivity contribution in [3.05, 3.63) is 65.5 Å². The lowest BCUT2D eigenvalue weighted by Gasteiger charge is -2.17. The van der Waals surface area contributed by atoms with Crippen molar-refractivity contribution in [2.24, 2.45) is 0 Å². The van der Waals surface area contributed by atoms with Crippen LogP contribution in [0.1, 0.15) is 41.6 Å². The number of ether oxygens (including phenoxy) is 1. The fourth-order valence-corrected chi connectivity index (χ4v) is 2.76. The van der Waals surface area contributed by atoms with Crippen LogP contribution in [0.3, 0.4) is 0 Å². The summed E-state index contributed by atoms with van der Waals surface area (Å²) in [5.41, 5.74) is 1.61. The zero-order valence-electron chi connectivity index (χ0n) is 16.0. The van der Waals surface area contributed by atoms with Gasteiger partial charge in [0.05, 0.1) is 6.61 Å². The summed E-state index contributed by atoms with van der Waals surface area (Å²) >= 11 is 0. The van der Waals surface area contributed by atoms with E-state index < -0.39 is 0 Å². The van der Waals surface area contributed by atoms with Crippen molar-refractivity contribution in [3.63, 3.8) is 0 Å². The van der Waals surface area contributed by atoms with Crippen LogP contribution in [0, 0.1) is 5.82 Å². The maximum atomic E-state index is 12.8. The lowest BCUT2D eigenvalue weighted by atomic mass is 10.1. The largest absolute Gasteiger partial charge is 0.494 e. The predicted octanol–water partition coefficient (Wildman–Crippen LogP) is 3.54. The minimum absolute atomic E-state index is 0.0262. The maximum absolute atomic E-state index is 12.8. The quantitative estimate of drug-likeness (QED) is 0.673. The SMILES string of the molecule is CN(Cc1ccc(C(=O)NC2CC2)cc1)C(=O)CCCOc1ccc(F)cc1. The number of carbonyl (C=O) groups excluding carboxylic acids is 2. The van der Waals surface area contributed by atoms with E-state index in [0.717, 1.165) is 18.4 Å². The molecule has 3 rings (SSSR count). The van der Waals surface area contributed by atoms with Gasteiger partial charge in [-0.2, -0.15) is 0 Å². The second-order valence-electron chi connectivity index (χ2n) is 7.10. The van der Waals surface area contributed by atoms with Crippen molar-refractivity contribution in [1.82, 2.24) is 10.2 Å². The third-order valence-corrected chi connectivity index (χ3v) is 4.59. The number of nitrogens with one attached hydrogen (secondary N) is 1. The highest BCUT2D eigenvalue weighted by Gasteiger charge is 2.23. The van der Waals surface area contributed by atoms with Crippen molar-refractivity contribution in [2.45, 2.75) is 38.3 Å². The normalized spacial score (nSPS) is 13.1. The molecule has 2 aromatic rings. The molecule has 0 saturated heterocycles. The van der Waals surface area contributed by atoms with Crippen LogP contribution in [-0.2, 0) is 11.3 Å².